The Hall–Kier alpha value is -1.21. The molecule has 0 bridgehead atoms. The van der Waals surface area contributed by atoms with Gasteiger partial charge in [0.05, 0.1) is 7.11 Å². The number of carbonyl (C=O) groups is 1. The van der Waals surface area contributed by atoms with Gasteiger partial charge in [-0.25, -0.2) is 4.79 Å². The number of amides is 1. The Balaban J connectivity index is 2.00. The van der Waals surface area contributed by atoms with Crippen molar-refractivity contribution in [3.8, 4) is 0 Å². The number of aromatic nitrogens is 2. The largest absolute Gasteiger partial charge is 0.453 e. The van der Waals surface area contributed by atoms with Gasteiger partial charge < -0.3 is 9.47 Å². The van der Waals surface area contributed by atoms with E-state index in [0.717, 1.165) is 24.5 Å². The van der Waals surface area contributed by atoms with E-state index in [0.29, 0.717) is 5.13 Å². The summed E-state index contributed by atoms with van der Waals surface area (Å²) < 4.78 is 9.89. The average molecular weight is 229 g/mol. The van der Waals surface area contributed by atoms with Crippen molar-refractivity contribution in [2.75, 3.05) is 19.0 Å². The third-order valence-electron chi connectivity index (χ3n) is 2.04. The lowest BCUT2D eigenvalue weighted by Crippen LogP contribution is -2.10. The molecule has 1 atom stereocenters. The van der Waals surface area contributed by atoms with E-state index >= 15 is 0 Å². The van der Waals surface area contributed by atoms with Crippen molar-refractivity contribution in [2.45, 2.75) is 18.9 Å². The molecule has 0 aliphatic carbocycles. The van der Waals surface area contributed by atoms with E-state index in [4.69, 9.17) is 4.74 Å². The van der Waals surface area contributed by atoms with Crippen molar-refractivity contribution in [2.24, 2.45) is 0 Å². The van der Waals surface area contributed by atoms with Gasteiger partial charge in [0, 0.05) is 6.61 Å². The van der Waals surface area contributed by atoms with Gasteiger partial charge in [0.2, 0.25) is 5.13 Å². The summed E-state index contributed by atoms with van der Waals surface area (Å²) in [7, 11) is 1.30. The minimum absolute atomic E-state index is 0.0377. The lowest BCUT2D eigenvalue weighted by atomic mass is 10.2. The molecule has 0 aromatic carbocycles. The number of rotatable bonds is 2. The van der Waals surface area contributed by atoms with Crippen LogP contribution in [-0.2, 0) is 9.47 Å². The Morgan fingerprint density at radius 3 is 3.20 bits per heavy atom. The molecule has 2 heterocycles. The zero-order valence-corrected chi connectivity index (χ0v) is 9.04. The minimum Gasteiger partial charge on any atom is -0.453 e. The molecule has 1 aliphatic rings. The van der Waals surface area contributed by atoms with Crippen LogP contribution in [0.3, 0.4) is 0 Å². The van der Waals surface area contributed by atoms with Gasteiger partial charge in [-0.15, -0.1) is 10.2 Å². The molecule has 82 valence electrons. The second kappa shape index (κ2) is 4.54. The molecule has 7 heteroatoms. The maximum absolute atomic E-state index is 10.9. The van der Waals surface area contributed by atoms with Gasteiger partial charge in [-0.2, -0.15) is 0 Å². The van der Waals surface area contributed by atoms with Crippen molar-refractivity contribution in [1.82, 2.24) is 10.2 Å². The zero-order chi connectivity index (χ0) is 10.7. The van der Waals surface area contributed by atoms with Crippen LogP contribution in [0.4, 0.5) is 9.93 Å². The highest BCUT2D eigenvalue weighted by atomic mass is 32.1. The first-order valence-electron chi connectivity index (χ1n) is 4.59. The topological polar surface area (TPSA) is 73.3 Å². The summed E-state index contributed by atoms with van der Waals surface area (Å²) in [4.78, 5) is 10.9. The Morgan fingerprint density at radius 2 is 2.53 bits per heavy atom. The molecule has 0 radical (unpaired) electrons. The zero-order valence-electron chi connectivity index (χ0n) is 8.23. The van der Waals surface area contributed by atoms with E-state index in [1.807, 2.05) is 0 Å². The molecular formula is C8H11N3O3S. The second-order valence-electron chi connectivity index (χ2n) is 3.06. The van der Waals surface area contributed by atoms with Crippen molar-refractivity contribution in [1.29, 1.82) is 0 Å². The minimum atomic E-state index is -0.537. The maximum atomic E-state index is 10.9. The summed E-state index contributed by atoms with van der Waals surface area (Å²) in [5.41, 5.74) is 0. The third kappa shape index (κ3) is 2.42. The number of methoxy groups -OCH3 is 1. The van der Waals surface area contributed by atoms with Gasteiger partial charge in [-0.1, -0.05) is 11.3 Å². The molecule has 1 unspecified atom stereocenters. The molecule has 1 aliphatic heterocycles. The average Bonchev–Trinajstić information content (AvgIpc) is 2.85. The summed E-state index contributed by atoms with van der Waals surface area (Å²) in [6.45, 7) is 0.768. The fourth-order valence-electron chi connectivity index (χ4n) is 1.33. The number of hydrogen-bond donors (Lipinski definition) is 1. The van der Waals surface area contributed by atoms with Crippen LogP contribution in [0.2, 0.25) is 0 Å². The first kappa shape index (κ1) is 10.3. The summed E-state index contributed by atoms with van der Waals surface area (Å²) in [6, 6.07) is 0. The molecule has 0 spiro atoms. The number of anilines is 1. The van der Waals surface area contributed by atoms with E-state index in [-0.39, 0.29) is 6.10 Å². The van der Waals surface area contributed by atoms with E-state index in [1.54, 1.807) is 0 Å². The molecule has 15 heavy (non-hydrogen) atoms. The van der Waals surface area contributed by atoms with Crippen LogP contribution in [0, 0.1) is 0 Å². The highest BCUT2D eigenvalue weighted by Gasteiger charge is 2.22. The molecule has 1 N–H and O–H groups in total. The Bertz CT molecular complexity index is 349. The molecule has 1 saturated heterocycles. The quantitative estimate of drug-likeness (QED) is 0.833. The maximum Gasteiger partial charge on any atom is 0.413 e. The van der Waals surface area contributed by atoms with E-state index < -0.39 is 6.09 Å². The lowest BCUT2D eigenvalue weighted by Gasteiger charge is -2.02. The Labute approximate surface area is 90.6 Å². The predicted molar refractivity (Wildman–Crippen MR) is 53.9 cm³/mol. The number of carbonyl (C=O) groups excluding carboxylic acids is 1. The van der Waals surface area contributed by atoms with E-state index in [1.165, 1.54) is 18.4 Å². The van der Waals surface area contributed by atoms with Crippen molar-refractivity contribution < 1.29 is 14.3 Å². The second-order valence-corrected chi connectivity index (χ2v) is 4.07. The van der Waals surface area contributed by atoms with E-state index in [9.17, 15) is 4.79 Å². The van der Waals surface area contributed by atoms with Crippen LogP contribution >= 0.6 is 11.3 Å². The molecule has 1 amide bonds. The standard InChI is InChI=1S/C8H11N3O3S/c1-13-8(12)9-7-11-10-6(15-7)5-3-2-4-14-5/h5H,2-4H2,1H3,(H,9,11,12). The van der Waals surface area contributed by atoms with Crippen LogP contribution in [0.25, 0.3) is 0 Å². The molecule has 1 aromatic rings. The number of hydrogen-bond acceptors (Lipinski definition) is 6. The van der Waals surface area contributed by atoms with Gasteiger partial charge in [0.1, 0.15) is 11.1 Å². The van der Waals surface area contributed by atoms with Crippen molar-refractivity contribution in [3.63, 3.8) is 0 Å². The molecular weight excluding hydrogens is 218 g/mol. The number of nitrogens with zero attached hydrogens (tertiary/aromatic N) is 2. The van der Waals surface area contributed by atoms with Crippen LogP contribution in [0.15, 0.2) is 0 Å². The first-order valence-corrected chi connectivity index (χ1v) is 5.41. The SMILES string of the molecule is COC(=O)Nc1nnc(C2CCCO2)s1. The van der Waals surface area contributed by atoms with Crippen LogP contribution in [0.5, 0.6) is 0 Å². The predicted octanol–water partition coefficient (Wildman–Crippen LogP) is 1.57. The molecule has 6 nitrogen and oxygen atoms in total. The van der Waals surface area contributed by atoms with Gasteiger partial charge in [-0.3, -0.25) is 5.32 Å². The van der Waals surface area contributed by atoms with Crippen LogP contribution < -0.4 is 5.32 Å². The Morgan fingerprint density at radius 1 is 1.67 bits per heavy atom. The van der Waals surface area contributed by atoms with E-state index in [2.05, 4.69) is 20.3 Å². The van der Waals surface area contributed by atoms with Gasteiger partial charge in [0.15, 0.2) is 0 Å². The smallest absolute Gasteiger partial charge is 0.413 e. The fourth-order valence-corrected chi connectivity index (χ4v) is 2.14. The highest BCUT2D eigenvalue weighted by molar-refractivity contribution is 7.15. The summed E-state index contributed by atoms with van der Waals surface area (Å²) in [5, 5.41) is 11.5. The first-order chi connectivity index (χ1) is 7.29. The van der Waals surface area contributed by atoms with Crippen LogP contribution in [0.1, 0.15) is 24.0 Å². The van der Waals surface area contributed by atoms with Crippen molar-refractivity contribution in [3.05, 3.63) is 5.01 Å². The summed E-state index contributed by atoms with van der Waals surface area (Å²) in [6.07, 6.45) is 1.51. The Kier molecular flexibility index (Phi) is 3.12. The monoisotopic (exact) mass is 229 g/mol. The van der Waals surface area contributed by atoms with Gasteiger partial charge in [0.25, 0.3) is 0 Å². The molecule has 1 aromatic heterocycles. The molecule has 0 saturated carbocycles. The molecule has 2 rings (SSSR count). The van der Waals surface area contributed by atoms with Crippen molar-refractivity contribution >= 4 is 22.6 Å². The normalized spacial score (nSPS) is 20.2. The highest BCUT2D eigenvalue weighted by Crippen LogP contribution is 2.31. The fraction of sp³-hybridized carbons (Fsp3) is 0.625. The summed E-state index contributed by atoms with van der Waals surface area (Å²) >= 11 is 1.31. The third-order valence-corrected chi connectivity index (χ3v) is 2.97. The van der Waals surface area contributed by atoms with Gasteiger partial charge >= 0.3 is 6.09 Å². The summed E-state index contributed by atoms with van der Waals surface area (Å²) in [5.74, 6) is 0. The molecule has 1 fully saturated rings. The number of nitrogens with one attached hydrogen (secondary N) is 1. The van der Waals surface area contributed by atoms with Gasteiger partial charge in [-0.05, 0) is 12.8 Å². The lowest BCUT2D eigenvalue weighted by molar-refractivity contribution is 0.111. The number of ether oxygens (including phenoxy) is 2. The van der Waals surface area contributed by atoms with Crippen LogP contribution in [-0.4, -0.2) is 30.0 Å².